The van der Waals surface area contributed by atoms with Crippen molar-refractivity contribution in [2.75, 3.05) is 26.8 Å². The minimum Gasteiger partial charge on any atom is -0.497 e. The molecule has 0 aliphatic carbocycles. The first-order valence-corrected chi connectivity index (χ1v) is 13.0. The van der Waals surface area contributed by atoms with Crippen LogP contribution in [0.15, 0.2) is 72.8 Å². The minimum atomic E-state index is -0.540. The molecule has 36 heavy (non-hydrogen) atoms. The fourth-order valence-electron chi connectivity index (χ4n) is 5.13. The van der Waals surface area contributed by atoms with Gasteiger partial charge in [-0.2, -0.15) is 0 Å². The van der Waals surface area contributed by atoms with Crippen molar-refractivity contribution in [3.8, 4) is 17.2 Å². The van der Waals surface area contributed by atoms with E-state index < -0.39 is 11.7 Å². The Hall–Kier alpha value is -3.02. The van der Waals surface area contributed by atoms with Gasteiger partial charge in [-0.05, 0) is 56.1 Å². The number of benzene rings is 3. The summed E-state index contributed by atoms with van der Waals surface area (Å²) < 4.78 is 17.9. The molecule has 0 saturated heterocycles. The van der Waals surface area contributed by atoms with E-state index in [1.54, 1.807) is 7.11 Å². The van der Waals surface area contributed by atoms with Gasteiger partial charge in [0.15, 0.2) is 0 Å². The SMILES string of the molecule is CCCCNC[C@H](O)COc1ccc([C@@H]2c3ccc(OC)cc3OC(C)(C)[C@H]2c2ccccc2)cc1. The Morgan fingerprint density at radius 1 is 0.972 bits per heavy atom. The zero-order valence-corrected chi connectivity index (χ0v) is 21.9. The lowest BCUT2D eigenvalue weighted by Gasteiger charge is -2.45. The van der Waals surface area contributed by atoms with Gasteiger partial charge < -0.3 is 24.6 Å². The van der Waals surface area contributed by atoms with E-state index in [0.717, 1.165) is 42.2 Å². The van der Waals surface area contributed by atoms with Crippen molar-refractivity contribution < 1.29 is 19.3 Å². The highest BCUT2D eigenvalue weighted by Gasteiger charge is 2.45. The molecule has 0 spiro atoms. The molecule has 1 heterocycles. The van der Waals surface area contributed by atoms with E-state index in [1.165, 1.54) is 11.1 Å². The monoisotopic (exact) mass is 489 g/mol. The van der Waals surface area contributed by atoms with Crippen molar-refractivity contribution >= 4 is 0 Å². The average Bonchev–Trinajstić information content (AvgIpc) is 2.89. The van der Waals surface area contributed by atoms with Gasteiger partial charge in [0.1, 0.15) is 35.6 Å². The second kappa shape index (κ2) is 11.8. The quantitative estimate of drug-likeness (QED) is 0.328. The molecule has 1 aliphatic heterocycles. The van der Waals surface area contributed by atoms with E-state index in [-0.39, 0.29) is 18.4 Å². The molecular formula is C31H39NO4. The smallest absolute Gasteiger partial charge is 0.127 e. The van der Waals surface area contributed by atoms with E-state index in [1.807, 2.05) is 30.3 Å². The Balaban J connectivity index is 1.59. The standard InChI is InChI=1S/C31H39NO4/c1-5-6-18-32-20-24(33)21-35-25-14-12-22(13-15-25)29-27-17-16-26(34-4)19-28(27)36-31(2,3)30(29)23-10-8-7-9-11-23/h7-17,19,24,29-30,32-33H,5-6,18,20-21H2,1-4H3/t24-,29+,30-/m0/s1. The van der Waals surface area contributed by atoms with Gasteiger partial charge in [0, 0.05) is 30.0 Å². The zero-order chi connectivity index (χ0) is 25.5. The molecule has 0 aromatic heterocycles. The molecule has 0 fully saturated rings. The Bertz CT molecular complexity index is 1100. The molecule has 0 amide bonds. The minimum absolute atomic E-state index is 0.0967. The van der Waals surface area contributed by atoms with Crippen LogP contribution in [0.25, 0.3) is 0 Å². The number of hydrogen-bond donors (Lipinski definition) is 2. The summed E-state index contributed by atoms with van der Waals surface area (Å²) in [5.74, 6) is 2.61. The maximum atomic E-state index is 10.2. The average molecular weight is 490 g/mol. The predicted molar refractivity (Wildman–Crippen MR) is 144 cm³/mol. The third-order valence-electron chi connectivity index (χ3n) is 6.94. The van der Waals surface area contributed by atoms with Crippen LogP contribution in [0.3, 0.4) is 0 Å². The van der Waals surface area contributed by atoms with Crippen molar-refractivity contribution in [2.45, 2.75) is 57.2 Å². The summed E-state index contributed by atoms with van der Waals surface area (Å²) in [5, 5.41) is 13.5. The van der Waals surface area contributed by atoms with Crippen LogP contribution in [0.4, 0.5) is 0 Å². The number of fused-ring (bicyclic) bond motifs is 1. The van der Waals surface area contributed by atoms with E-state index in [0.29, 0.717) is 6.54 Å². The fraction of sp³-hybridized carbons (Fsp3) is 0.419. The van der Waals surface area contributed by atoms with Gasteiger partial charge in [-0.3, -0.25) is 0 Å². The molecule has 0 saturated carbocycles. The van der Waals surface area contributed by atoms with Crippen LogP contribution in [0.5, 0.6) is 17.2 Å². The molecule has 0 bridgehead atoms. The number of unbranched alkanes of at least 4 members (excludes halogenated alkanes) is 1. The largest absolute Gasteiger partial charge is 0.497 e. The molecule has 0 unspecified atom stereocenters. The van der Waals surface area contributed by atoms with Crippen LogP contribution in [0, 0.1) is 0 Å². The van der Waals surface area contributed by atoms with Crippen LogP contribution in [-0.2, 0) is 0 Å². The molecule has 3 atom stereocenters. The summed E-state index contributed by atoms with van der Waals surface area (Å²) in [7, 11) is 1.68. The van der Waals surface area contributed by atoms with Gasteiger partial charge in [0.25, 0.3) is 0 Å². The summed E-state index contributed by atoms with van der Waals surface area (Å²) in [6.07, 6.45) is 1.71. The van der Waals surface area contributed by atoms with Gasteiger partial charge >= 0.3 is 0 Å². The van der Waals surface area contributed by atoms with Crippen molar-refractivity contribution in [1.29, 1.82) is 0 Å². The number of nitrogens with one attached hydrogen (secondary N) is 1. The number of ether oxygens (including phenoxy) is 3. The molecule has 3 aromatic carbocycles. The van der Waals surface area contributed by atoms with Crippen LogP contribution in [-0.4, -0.2) is 43.6 Å². The Morgan fingerprint density at radius 3 is 2.39 bits per heavy atom. The van der Waals surface area contributed by atoms with E-state index in [2.05, 4.69) is 68.6 Å². The predicted octanol–water partition coefficient (Wildman–Crippen LogP) is 5.91. The number of aliphatic hydroxyl groups excluding tert-OH is 1. The lowest BCUT2D eigenvalue weighted by molar-refractivity contribution is 0.0528. The van der Waals surface area contributed by atoms with Crippen LogP contribution >= 0.6 is 0 Å². The van der Waals surface area contributed by atoms with Crippen LogP contribution in [0.2, 0.25) is 0 Å². The normalized spacial score (nSPS) is 19.1. The first-order valence-electron chi connectivity index (χ1n) is 13.0. The van der Waals surface area contributed by atoms with Crippen LogP contribution < -0.4 is 19.5 Å². The number of hydrogen-bond acceptors (Lipinski definition) is 5. The summed E-state index contributed by atoms with van der Waals surface area (Å²) in [5.41, 5.74) is 3.15. The summed E-state index contributed by atoms with van der Waals surface area (Å²) in [6.45, 7) is 8.19. The summed E-state index contributed by atoms with van der Waals surface area (Å²) >= 11 is 0. The Labute approximate surface area is 215 Å². The Kier molecular flexibility index (Phi) is 8.55. The topological polar surface area (TPSA) is 60.0 Å². The third kappa shape index (κ3) is 6.03. The maximum absolute atomic E-state index is 10.2. The molecule has 1 aliphatic rings. The lowest BCUT2D eigenvalue weighted by atomic mass is 9.68. The molecule has 4 rings (SSSR count). The number of aliphatic hydroxyl groups is 1. The summed E-state index contributed by atoms with van der Waals surface area (Å²) in [6, 6.07) is 25.0. The van der Waals surface area contributed by atoms with Crippen molar-refractivity contribution in [3.63, 3.8) is 0 Å². The maximum Gasteiger partial charge on any atom is 0.127 e. The van der Waals surface area contributed by atoms with Crippen molar-refractivity contribution in [2.24, 2.45) is 0 Å². The first-order chi connectivity index (χ1) is 17.4. The highest BCUT2D eigenvalue weighted by atomic mass is 16.5. The van der Waals surface area contributed by atoms with E-state index >= 15 is 0 Å². The van der Waals surface area contributed by atoms with E-state index in [4.69, 9.17) is 14.2 Å². The van der Waals surface area contributed by atoms with Gasteiger partial charge in [-0.25, -0.2) is 0 Å². The zero-order valence-electron chi connectivity index (χ0n) is 21.9. The van der Waals surface area contributed by atoms with E-state index in [9.17, 15) is 5.11 Å². The summed E-state index contributed by atoms with van der Waals surface area (Å²) in [4.78, 5) is 0. The molecule has 5 nitrogen and oxygen atoms in total. The second-order valence-electron chi connectivity index (χ2n) is 10.1. The molecule has 3 aromatic rings. The number of methoxy groups -OCH3 is 1. The Morgan fingerprint density at radius 2 is 1.69 bits per heavy atom. The number of rotatable bonds is 11. The van der Waals surface area contributed by atoms with Gasteiger partial charge in [-0.1, -0.05) is 61.9 Å². The highest BCUT2D eigenvalue weighted by molar-refractivity contribution is 5.52. The second-order valence-corrected chi connectivity index (χ2v) is 10.1. The third-order valence-corrected chi connectivity index (χ3v) is 6.94. The van der Waals surface area contributed by atoms with Crippen molar-refractivity contribution in [3.05, 3.63) is 89.5 Å². The molecule has 2 N–H and O–H groups in total. The van der Waals surface area contributed by atoms with Crippen molar-refractivity contribution in [1.82, 2.24) is 5.32 Å². The van der Waals surface area contributed by atoms with Crippen LogP contribution in [0.1, 0.15) is 62.1 Å². The molecular weight excluding hydrogens is 450 g/mol. The highest BCUT2D eigenvalue weighted by Crippen LogP contribution is 2.53. The molecule has 192 valence electrons. The van der Waals surface area contributed by atoms with Gasteiger partial charge in [-0.15, -0.1) is 0 Å². The lowest BCUT2D eigenvalue weighted by Crippen LogP contribution is -2.43. The van der Waals surface area contributed by atoms with Gasteiger partial charge in [0.2, 0.25) is 0 Å². The molecule has 0 radical (unpaired) electrons. The van der Waals surface area contributed by atoms with Gasteiger partial charge in [0.05, 0.1) is 7.11 Å². The fourth-order valence-corrected chi connectivity index (χ4v) is 5.13. The first kappa shape index (κ1) is 26.1. The molecule has 5 heteroatoms.